The van der Waals surface area contributed by atoms with Gasteiger partial charge >= 0.3 is 5.97 Å². The number of allylic oxidation sites excluding steroid dienone is 1. The van der Waals surface area contributed by atoms with E-state index in [1.165, 1.54) is 25.1 Å². The van der Waals surface area contributed by atoms with E-state index >= 15 is 0 Å². The number of carbonyl (C=O) groups is 4. The van der Waals surface area contributed by atoms with Crippen LogP contribution < -0.4 is 5.32 Å². The zero-order valence-corrected chi connectivity index (χ0v) is 16.7. The van der Waals surface area contributed by atoms with Gasteiger partial charge in [0.15, 0.2) is 5.12 Å². The smallest absolute Gasteiger partial charge is 0.325 e. The van der Waals surface area contributed by atoms with E-state index in [1.54, 1.807) is 6.08 Å². The predicted octanol–water partition coefficient (Wildman–Crippen LogP) is 1.67. The van der Waals surface area contributed by atoms with Crippen molar-refractivity contribution in [2.24, 2.45) is 0 Å². The first-order valence-corrected chi connectivity index (χ1v) is 9.84. The van der Waals surface area contributed by atoms with Gasteiger partial charge < -0.3 is 15.0 Å². The largest absolute Gasteiger partial charge is 0.468 e. The van der Waals surface area contributed by atoms with E-state index in [2.05, 4.69) is 10.1 Å². The number of nitrogens with zero attached hydrogens (tertiary/aromatic N) is 1. The molecule has 0 spiro atoms. The number of rotatable bonds is 7. The minimum absolute atomic E-state index is 0.169. The number of carbonyl (C=O) groups excluding carboxylic acids is 4. The normalized spacial score (nSPS) is 17.6. The van der Waals surface area contributed by atoms with Gasteiger partial charge in [0.2, 0.25) is 11.8 Å². The number of benzene rings is 1. The van der Waals surface area contributed by atoms with Gasteiger partial charge in [0.25, 0.3) is 0 Å². The van der Waals surface area contributed by atoms with E-state index in [-0.39, 0.29) is 23.5 Å². The summed E-state index contributed by atoms with van der Waals surface area (Å²) in [6.45, 7) is 1.20. The fourth-order valence-electron chi connectivity index (χ4n) is 2.81. The molecule has 0 bridgehead atoms. The molecule has 0 aliphatic carbocycles. The van der Waals surface area contributed by atoms with Gasteiger partial charge in [0, 0.05) is 13.1 Å². The standard InChI is InChI=1S/C20H24N2O5S/c1-14(23)28-17(12-15-8-4-3-5-9-15)19(25)21-16-10-6-7-11-22(20(16)26)13-18(24)27-2/h3-5,7-9,11,16-17H,6,10,12-13H2,1-2H3,(H,21,25)/t16-,17-/m0/s1. The van der Waals surface area contributed by atoms with Crippen molar-refractivity contribution in [3.05, 3.63) is 48.2 Å². The topological polar surface area (TPSA) is 92.8 Å². The van der Waals surface area contributed by atoms with Crippen LogP contribution in [-0.2, 0) is 30.3 Å². The van der Waals surface area contributed by atoms with Crippen molar-refractivity contribution in [3.8, 4) is 0 Å². The molecular weight excluding hydrogens is 380 g/mol. The lowest BCUT2D eigenvalue weighted by molar-refractivity contribution is -0.146. The fourth-order valence-corrected chi connectivity index (χ4v) is 3.66. The lowest BCUT2D eigenvalue weighted by Crippen LogP contribution is -2.50. The van der Waals surface area contributed by atoms with E-state index in [0.717, 1.165) is 17.3 Å². The second-order valence-electron chi connectivity index (χ2n) is 6.35. The molecule has 2 rings (SSSR count). The van der Waals surface area contributed by atoms with Crippen LogP contribution in [-0.4, -0.2) is 52.7 Å². The molecule has 2 amide bonds. The summed E-state index contributed by atoms with van der Waals surface area (Å²) >= 11 is 0.947. The number of thioether (sulfide) groups is 1. The summed E-state index contributed by atoms with van der Waals surface area (Å²) in [5, 5.41) is 1.95. The summed E-state index contributed by atoms with van der Waals surface area (Å²) in [4.78, 5) is 49.9. The van der Waals surface area contributed by atoms with Crippen molar-refractivity contribution < 1.29 is 23.9 Å². The number of nitrogens with one attached hydrogen (secondary N) is 1. The molecule has 0 radical (unpaired) electrons. The molecule has 0 saturated heterocycles. The van der Waals surface area contributed by atoms with Crippen molar-refractivity contribution in [2.45, 2.75) is 37.5 Å². The zero-order valence-electron chi connectivity index (χ0n) is 15.9. The van der Waals surface area contributed by atoms with E-state index in [1.807, 2.05) is 30.3 Å². The average Bonchev–Trinajstić information content (AvgIpc) is 2.84. The van der Waals surface area contributed by atoms with Gasteiger partial charge in [-0.3, -0.25) is 19.2 Å². The summed E-state index contributed by atoms with van der Waals surface area (Å²) < 4.78 is 4.61. The molecule has 150 valence electrons. The highest BCUT2D eigenvalue weighted by Gasteiger charge is 2.30. The second kappa shape index (κ2) is 10.7. The van der Waals surface area contributed by atoms with Gasteiger partial charge in [0.05, 0.1) is 12.4 Å². The third kappa shape index (κ3) is 6.53. The summed E-state index contributed by atoms with van der Waals surface area (Å²) in [6, 6.07) is 8.63. The highest BCUT2D eigenvalue weighted by atomic mass is 32.2. The Morgan fingerprint density at radius 3 is 2.64 bits per heavy atom. The molecular formula is C20H24N2O5S. The highest BCUT2D eigenvalue weighted by molar-refractivity contribution is 8.14. The summed E-state index contributed by atoms with van der Waals surface area (Å²) in [7, 11) is 1.25. The maximum absolute atomic E-state index is 12.8. The molecule has 0 saturated carbocycles. The molecule has 0 unspecified atom stereocenters. The summed E-state index contributed by atoms with van der Waals surface area (Å²) in [6.07, 6.45) is 4.69. The number of esters is 1. The number of hydrogen-bond acceptors (Lipinski definition) is 6. The molecule has 1 aliphatic rings. The molecule has 1 aliphatic heterocycles. The van der Waals surface area contributed by atoms with E-state index < -0.39 is 17.3 Å². The Morgan fingerprint density at radius 2 is 2.00 bits per heavy atom. The molecule has 0 aromatic heterocycles. The van der Waals surface area contributed by atoms with Crippen LogP contribution in [0.2, 0.25) is 0 Å². The third-order valence-corrected chi connectivity index (χ3v) is 5.19. The molecule has 1 aromatic rings. The SMILES string of the molecule is COC(=O)CN1C=CCC[C@H](NC(=O)[C@H](Cc2ccccc2)SC(C)=O)C1=O. The summed E-state index contributed by atoms with van der Waals surface area (Å²) in [5.74, 6) is -1.29. The Bertz CT molecular complexity index is 750. The average molecular weight is 404 g/mol. The Morgan fingerprint density at radius 1 is 1.29 bits per heavy atom. The Hall–Kier alpha value is -2.61. The van der Waals surface area contributed by atoms with Crippen LogP contribution in [0.4, 0.5) is 0 Å². The summed E-state index contributed by atoms with van der Waals surface area (Å²) in [5.41, 5.74) is 0.928. The first kappa shape index (κ1) is 21.7. The van der Waals surface area contributed by atoms with Crippen molar-refractivity contribution >= 4 is 34.7 Å². The van der Waals surface area contributed by atoms with Crippen LogP contribution in [0.25, 0.3) is 0 Å². The Balaban J connectivity index is 2.08. The molecule has 1 heterocycles. The lowest BCUT2D eigenvalue weighted by Gasteiger charge is -2.24. The van der Waals surface area contributed by atoms with Gasteiger partial charge in [-0.2, -0.15) is 0 Å². The van der Waals surface area contributed by atoms with E-state index in [9.17, 15) is 19.2 Å². The molecule has 7 nitrogen and oxygen atoms in total. The number of hydrogen-bond donors (Lipinski definition) is 1. The first-order valence-electron chi connectivity index (χ1n) is 8.96. The van der Waals surface area contributed by atoms with E-state index in [0.29, 0.717) is 19.3 Å². The van der Waals surface area contributed by atoms with Gasteiger partial charge in [0.1, 0.15) is 12.6 Å². The monoisotopic (exact) mass is 404 g/mol. The van der Waals surface area contributed by atoms with E-state index in [4.69, 9.17) is 0 Å². The molecule has 1 aromatic carbocycles. The lowest BCUT2D eigenvalue weighted by atomic mass is 10.1. The maximum Gasteiger partial charge on any atom is 0.325 e. The third-order valence-electron chi connectivity index (χ3n) is 4.20. The zero-order chi connectivity index (χ0) is 20.5. The van der Waals surface area contributed by atoms with Crippen molar-refractivity contribution in [2.75, 3.05) is 13.7 Å². The molecule has 2 atom stereocenters. The number of methoxy groups -OCH3 is 1. The Labute approximate surface area is 168 Å². The minimum Gasteiger partial charge on any atom is -0.468 e. The van der Waals surface area contributed by atoms with Crippen LogP contribution in [0.15, 0.2) is 42.6 Å². The Kier molecular flexibility index (Phi) is 8.25. The van der Waals surface area contributed by atoms with Gasteiger partial charge in [-0.25, -0.2) is 0 Å². The molecule has 1 N–H and O–H groups in total. The maximum atomic E-state index is 12.8. The molecule has 8 heteroatoms. The van der Waals surface area contributed by atoms with Crippen LogP contribution in [0.3, 0.4) is 0 Å². The van der Waals surface area contributed by atoms with Crippen molar-refractivity contribution in [3.63, 3.8) is 0 Å². The van der Waals surface area contributed by atoms with Crippen molar-refractivity contribution in [1.29, 1.82) is 0 Å². The molecule has 0 fully saturated rings. The van der Waals surface area contributed by atoms with Gasteiger partial charge in [-0.1, -0.05) is 48.2 Å². The fraction of sp³-hybridized carbons (Fsp3) is 0.400. The number of ether oxygens (including phenoxy) is 1. The quantitative estimate of drug-likeness (QED) is 0.695. The minimum atomic E-state index is -0.766. The van der Waals surface area contributed by atoms with Crippen LogP contribution in [0.5, 0.6) is 0 Å². The van der Waals surface area contributed by atoms with Crippen LogP contribution in [0, 0.1) is 0 Å². The van der Waals surface area contributed by atoms with Gasteiger partial charge in [-0.15, -0.1) is 0 Å². The number of amides is 2. The second-order valence-corrected chi connectivity index (χ2v) is 7.73. The van der Waals surface area contributed by atoms with Crippen LogP contribution >= 0.6 is 11.8 Å². The first-order chi connectivity index (χ1) is 13.4. The van der Waals surface area contributed by atoms with Gasteiger partial charge in [-0.05, 0) is 24.8 Å². The van der Waals surface area contributed by atoms with Crippen molar-refractivity contribution in [1.82, 2.24) is 10.2 Å². The highest BCUT2D eigenvalue weighted by Crippen LogP contribution is 2.19. The predicted molar refractivity (Wildman–Crippen MR) is 106 cm³/mol. The molecule has 28 heavy (non-hydrogen) atoms. The van der Waals surface area contributed by atoms with Crippen LogP contribution in [0.1, 0.15) is 25.3 Å².